The maximum atomic E-state index is 4.39. The Hall–Kier alpha value is -0.890. The molecule has 0 saturated carbocycles. The van der Waals surface area contributed by atoms with E-state index in [0.29, 0.717) is 0 Å². The second-order valence-electron chi connectivity index (χ2n) is 3.70. The smallest absolute Gasteiger partial charge is 0.0475 e. The number of rotatable bonds is 1. The first-order valence-electron chi connectivity index (χ1n) is 4.43. The lowest BCUT2D eigenvalue weighted by Crippen LogP contribution is -2.25. The van der Waals surface area contributed by atoms with Gasteiger partial charge in [0.1, 0.15) is 0 Å². The molecule has 1 aromatic heterocycles. The van der Waals surface area contributed by atoms with E-state index in [1.807, 2.05) is 12.3 Å². The first kappa shape index (κ1) is 7.74. The molecule has 2 rings (SSSR count). The van der Waals surface area contributed by atoms with Gasteiger partial charge in [-0.05, 0) is 25.1 Å². The van der Waals surface area contributed by atoms with Gasteiger partial charge in [0.25, 0.3) is 0 Å². The zero-order chi connectivity index (χ0) is 8.44. The van der Waals surface area contributed by atoms with E-state index in [-0.39, 0.29) is 5.41 Å². The molecule has 0 spiro atoms. The summed E-state index contributed by atoms with van der Waals surface area (Å²) in [7, 11) is 0. The van der Waals surface area contributed by atoms with Crippen LogP contribution < -0.4 is 5.32 Å². The second-order valence-corrected chi connectivity index (χ2v) is 3.70. The Kier molecular flexibility index (Phi) is 1.85. The lowest BCUT2D eigenvalue weighted by atomic mass is 9.86. The zero-order valence-electron chi connectivity index (χ0n) is 7.38. The third kappa shape index (κ3) is 1.23. The molecule has 1 unspecified atom stereocenters. The van der Waals surface area contributed by atoms with Gasteiger partial charge >= 0.3 is 0 Å². The van der Waals surface area contributed by atoms with Crippen molar-refractivity contribution in [2.45, 2.75) is 18.8 Å². The number of hydrogen-bond donors (Lipinski definition) is 1. The molecule has 0 amide bonds. The van der Waals surface area contributed by atoms with Gasteiger partial charge < -0.3 is 5.32 Å². The topological polar surface area (TPSA) is 24.9 Å². The largest absolute Gasteiger partial charge is 0.316 e. The van der Waals surface area contributed by atoms with Gasteiger partial charge in [0.05, 0.1) is 0 Å². The fraction of sp³-hybridized carbons (Fsp3) is 0.500. The minimum absolute atomic E-state index is 0.265. The summed E-state index contributed by atoms with van der Waals surface area (Å²) < 4.78 is 0. The van der Waals surface area contributed by atoms with E-state index in [2.05, 4.69) is 29.4 Å². The molecule has 1 saturated heterocycles. The lowest BCUT2D eigenvalue weighted by Gasteiger charge is -2.21. The molecular formula is C10H14N2. The Labute approximate surface area is 73.0 Å². The van der Waals surface area contributed by atoms with E-state index in [1.54, 1.807) is 0 Å². The van der Waals surface area contributed by atoms with Crippen molar-refractivity contribution in [3.63, 3.8) is 0 Å². The van der Waals surface area contributed by atoms with Crippen LogP contribution >= 0.6 is 0 Å². The molecule has 12 heavy (non-hydrogen) atoms. The molecule has 1 atom stereocenters. The summed E-state index contributed by atoms with van der Waals surface area (Å²) in [5.74, 6) is 0. The van der Waals surface area contributed by atoms with Gasteiger partial charge in [0.15, 0.2) is 0 Å². The average Bonchev–Trinajstić information content (AvgIpc) is 2.55. The maximum absolute atomic E-state index is 4.39. The Morgan fingerprint density at radius 2 is 2.42 bits per heavy atom. The number of hydrogen-bond acceptors (Lipinski definition) is 2. The lowest BCUT2D eigenvalue weighted by molar-refractivity contribution is 0.508. The SMILES string of the molecule is CC1(c2ccccn2)CCNC1. The molecule has 0 radical (unpaired) electrons. The Morgan fingerprint density at radius 1 is 1.50 bits per heavy atom. The highest BCUT2D eigenvalue weighted by molar-refractivity contribution is 5.18. The van der Waals surface area contributed by atoms with E-state index in [9.17, 15) is 0 Å². The van der Waals surface area contributed by atoms with Crippen LogP contribution in [0, 0.1) is 0 Å². The van der Waals surface area contributed by atoms with Gasteiger partial charge in [-0.15, -0.1) is 0 Å². The van der Waals surface area contributed by atoms with Crippen LogP contribution in [0.25, 0.3) is 0 Å². The highest BCUT2D eigenvalue weighted by Crippen LogP contribution is 2.27. The van der Waals surface area contributed by atoms with Crippen molar-refractivity contribution >= 4 is 0 Å². The summed E-state index contributed by atoms with van der Waals surface area (Å²) >= 11 is 0. The zero-order valence-corrected chi connectivity index (χ0v) is 7.38. The van der Waals surface area contributed by atoms with Crippen LogP contribution in [0.15, 0.2) is 24.4 Å². The number of aromatic nitrogens is 1. The molecule has 2 nitrogen and oxygen atoms in total. The summed E-state index contributed by atoms with van der Waals surface area (Å²) in [5.41, 5.74) is 1.48. The molecule has 1 fully saturated rings. The first-order valence-corrected chi connectivity index (χ1v) is 4.43. The minimum Gasteiger partial charge on any atom is -0.316 e. The van der Waals surface area contributed by atoms with Crippen LogP contribution in [0.2, 0.25) is 0 Å². The standard InChI is InChI=1S/C10H14N2/c1-10(5-7-11-8-10)9-4-2-3-6-12-9/h2-4,6,11H,5,7-8H2,1H3. The molecule has 1 aliphatic heterocycles. The molecule has 0 aromatic carbocycles. The van der Waals surface area contributed by atoms with Crippen LogP contribution in [-0.4, -0.2) is 18.1 Å². The van der Waals surface area contributed by atoms with Crippen molar-refractivity contribution in [3.05, 3.63) is 30.1 Å². The summed E-state index contributed by atoms with van der Waals surface area (Å²) in [5, 5.41) is 3.37. The predicted molar refractivity (Wildman–Crippen MR) is 49.1 cm³/mol. The normalized spacial score (nSPS) is 29.1. The quantitative estimate of drug-likeness (QED) is 0.674. The number of nitrogens with zero attached hydrogens (tertiary/aromatic N) is 1. The van der Waals surface area contributed by atoms with E-state index in [0.717, 1.165) is 13.1 Å². The van der Waals surface area contributed by atoms with Crippen molar-refractivity contribution in [3.8, 4) is 0 Å². The number of nitrogens with one attached hydrogen (secondary N) is 1. The molecule has 2 heterocycles. The van der Waals surface area contributed by atoms with Gasteiger partial charge in [-0.1, -0.05) is 13.0 Å². The third-order valence-electron chi connectivity index (χ3n) is 2.65. The van der Waals surface area contributed by atoms with Crippen molar-refractivity contribution in [1.82, 2.24) is 10.3 Å². The van der Waals surface area contributed by atoms with Gasteiger partial charge in [-0.3, -0.25) is 4.98 Å². The Bertz CT molecular complexity index is 250. The summed E-state index contributed by atoms with van der Waals surface area (Å²) in [6, 6.07) is 6.15. The second kappa shape index (κ2) is 2.87. The number of pyridine rings is 1. The van der Waals surface area contributed by atoms with Gasteiger partial charge in [0.2, 0.25) is 0 Å². The van der Waals surface area contributed by atoms with Crippen molar-refractivity contribution in [2.75, 3.05) is 13.1 Å². The van der Waals surface area contributed by atoms with Crippen molar-refractivity contribution < 1.29 is 0 Å². The maximum Gasteiger partial charge on any atom is 0.0475 e. The van der Waals surface area contributed by atoms with Crippen LogP contribution in [0.1, 0.15) is 19.0 Å². The predicted octanol–water partition coefficient (Wildman–Crippen LogP) is 1.33. The first-order chi connectivity index (χ1) is 5.81. The molecule has 0 aliphatic carbocycles. The van der Waals surface area contributed by atoms with Gasteiger partial charge in [-0.2, -0.15) is 0 Å². The van der Waals surface area contributed by atoms with Crippen LogP contribution in [0.5, 0.6) is 0 Å². The third-order valence-corrected chi connectivity index (χ3v) is 2.65. The van der Waals surface area contributed by atoms with E-state index in [4.69, 9.17) is 0 Å². The molecular weight excluding hydrogens is 148 g/mol. The fourth-order valence-electron chi connectivity index (χ4n) is 1.76. The van der Waals surface area contributed by atoms with Crippen LogP contribution in [-0.2, 0) is 5.41 Å². The van der Waals surface area contributed by atoms with Crippen molar-refractivity contribution in [1.29, 1.82) is 0 Å². The summed E-state index contributed by atoms with van der Waals surface area (Å²) in [6.45, 7) is 4.45. The van der Waals surface area contributed by atoms with Crippen molar-refractivity contribution in [2.24, 2.45) is 0 Å². The van der Waals surface area contributed by atoms with Gasteiger partial charge in [0, 0.05) is 23.9 Å². The van der Waals surface area contributed by atoms with Gasteiger partial charge in [-0.25, -0.2) is 0 Å². The summed E-state index contributed by atoms with van der Waals surface area (Å²) in [6.07, 6.45) is 3.07. The Morgan fingerprint density at radius 3 is 3.00 bits per heavy atom. The fourth-order valence-corrected chi connectivity index (χ4v) is 1.76. The van der Waals surface area contributed by atoms with Crippen LogP contribution in [0.4, 0.5) is 0 Å². The average molecular weight is 162 g/mol. The molecule has 0 bridgehead atoms. The van der Waals surface area contributed by atoms with E-state index >= 15 is 0 Å². The molecule has 1 N–H and O–H groups in total. The van der Waals surface area contributed by atoms with E-state index in [1.165, 1.54) is 12.1 Å². The minimum atomic E-state index is 0.265. The monoisotopic (exact) mass is 162 g/mol. The highest BCUT2D eigenvalue weighted by Gasteiger charge is 2.31. The Balaban J connectivity index is 2.29. The molecule has 64 valence electrons. The van der Waals surface area contributed by atoms with E-state index < -0.39 is 0 Å². The molecule has 1 aromatic rings. The molecule has 2 heteroatoms. The van der Waals surface area contributed by atoms with Crippen LogP contribution in [0.3, 0.4) is 0 Å². The molecule has 1 aliphatic rings. The summed E-state index contributed by atoms with van der Waals surface area (Å²) in [4.78, 5) is 4.39. The highest BCUT2D eigenvalue weighted by atomic mass is 14.9.